The van der Waals surface area contributed by atoms with Crippen LogP contribution in [0.5, 0.6) is 5.88 Å². The highest BCUT2D eigenvalue weighted by atomic mass is 16.4. The Labute approximate surface area is 91.8 Å². The van der Waals surface area contributed by atoms with E-state index < -0.39 is 41.4 Å². The molecule has 5 N–H and O–H groups in total. The van der Waals surface area contributed by atoms with Gasteiger partial charge in [0.2, 0.25) is 5.88 Å². The lowest BCUT2D eigenvalue weighted by atomic mass is 10.3. The van der Waals surface area contributed by atoms with Crippen molar-refractivity contribution in [3.8, 4) is 5.88 Å². The first kappa shape index (κ1) is 12.3. The van der Waals surface area contributed by atoms with Gasteiger partial charge in [0, 0.05) is 0 Å². The van der Waals surface area contributed by atoms with Gasteiger partial charge in [-0.2, -0.15) is 0 Å². The summed E-state index contributed by atoms with van der Waals surface area (Å²) in [6.45, 7) is -0.900. The molecule has 10 nitrogen and oxygen atoms in total. The third-order valence-corrected chi connectivity index (χ3v) is 1.80. The van der Waals surface area contributed by atoms with Crippen LogP contribution in [0.4, 0.5) is 9.59 Å². The Morgan fingerprint density at radius 3 is 2.06 bits per heavy atom. The Hall–Kier alpha value is -2.78. The summed E-state index contributed by atoms with van der Waals surface area (Å²) in [7, 11) is 0. The molecule has 0 saturated carbocycles. The van der Waals surface area contributed by atoms with E-state index >= 15 is 0 Å². The number of aromatic amines is 2. The van der Waals surface area contributed by atoms with Gasteiger partial charge in [-0.3, -0.25) is 14.8 Å². The highest BCUT2D eigenvalue weighted by molar-refractivity contribution is 5.85. The van der Waals surface area contributed by atoms with Crippen molar-refractivity contribution in [1.29, 1.82) is 0 Å². The van der Waals surface area contributed by atoms with Gasteiger partial charge in [-0.1, -0.05) is 0 Å². The molecule has 2 amide bonds. The molecule has 92 valence electrons. The molecule has 0 aliphatic rings. The zero-order chi connectivity index (χ0) is 13.2. The largest absolute Gasteiger partial charge is 0.494 e. The van der Waals surface area contributed by atoms with Crippen LogP contribution in [0.25, 0.3) is 0 Å². The number of imide groups is 1. The summed E-state index contributed by atoms with van der Waals surface area (Å²) in [5, 5.41) is 26.2. The predicted molar refractivity (Wildman–Crippen MR) is 50.9 cm³/mol. The number of hydrogen-bond acceptors (Lipinski definition) is 5. The molecule has 0 aromatic carbocycles. The molecule has 0 fully saturated rings. The van der Waals surface area contributed by atoms with Crippen molar-refractivity contribution in [2.24, 2.45) is 0 Å². The van der Waals surface area contributed by atoms with E-state index in [1.165, 1.54) is 0 Å². The van der Waals surface area contributed by atoms with Gasteiger partial charge in [0.25, 0.3) is 5.56 Å². The summed E-state index contributed by atoms with van der Waals surface area (Å²) in [6.07, 6.45) is -3.63. The fraction of sp³-hybridized carbons (Fsp3) is 0.143. The SMILES string of the molecule is O=C(O)N(Cc1c(O)[nH]c(=O)[nH]c1=O)C(=O)O. The van der Waals surface area contributed by atoms with Gasteiger partial charge in [-0.15, -0.1) is 0 Å². The van der Waals surface area contributed by atoms with Crippen LogP contribution in [0.15, 0.2) is 9.59 Å². The molecular weight excluding hydrogens is 238 g/mol. The van der Waals surface area contributed by atoms with E-state index in [0.717, 1.165) is 0 Å². The van der Waals surface area contributed by atoms with E-state index in [-0.39, 0.29) is 4.90 Å². The molecule has 1 rings (SSSR count). The van der Waals surface area contributed by atoms with Crippen LogP contribution in [0.1, 0.15) is 5.56 Å². The third-order valence-electron chi connectivity index (χ3n) is 1.80. The number of amides is 2. The van der Waals surface area contributed by atoms with Crippen LogP contribution in [0, 0.1) is 0 Å². The first-order valence-corrected chi connectivity index (χ1v) is 4.10. The minimum Gasteiger partial charge on any atom is -0.494 e. The first-order chi connectivity index (χ1) is 7.82. The second-order valence-corrected chi connectivity index (χ2v) is 2.89. The molecule has 17 heavy (non-hydrogen) atoms. The lowest BCUT2D eigenvalue weighted by Gasteiger charge is -2.12. The van der Waals surface area contributed by atoms with Crippen molar-refractivity contribution in [3.05, 3.63) is 26.4 Å². The molecule has 0 aliphatic heterocycles. The van der Waals surface area contributed by atoms with E-state index in [1.54, 1.807) is 9.97 Å². The molecule has 0 aliphatic carbocycles. The smallest absolute Gasteiger partial charge is 0.417 e. The average molecular weight is 245 g/mol. The second kappa shape index (κ2) is 4.38. The minimum absolute atomic E-state index is 0.122. The van der Waals surface area contributed by atoms with E-state index in [1.807, 2.05) is 0 Å². The number of aromatic hydroxyl groups is 1. The third kappa shape index (κ3) is 2.62. The Kier molecular flexibility index (Phi) is 3.17. The highest BCUT2D eigenvalue weighted by Crippen LogP contribution is 2.09. The summed E-state index contributed by atoms with van der Waals surface area (Å²) < 4.78 is 0. The minimum atomic E-state index is -1.82. The number of hydrogen-bond donors (Lipinski definition) is 5. The first-order valence-electron chi connectivity index (χ1n) is 4.10. The summed E-state index contributed by atoms with van der Waals surface area (Å²) in [6, 6.07) is 0. The van der Waals surface area contributed by atoms with Crippen molar-refractivity contribution < 1.29 is 24.9 Å². The van der Waals surface area contributed by atoms with Gasteiger partial charge in [-0.05, 0) is 0 Å². The fourth-order valence-corrected chi connectivity index (χ4v) is 1.02. The van der Waals surface area contributed by atoms with E-state index in [4.69, 9.17) is 10.2 Å². The molecule has 1 aromatic heterocycles. The maximum atomic E-state index is 11.2. The highest BCUT2D eigenvalue weighted by Gasteiger charge is 2.23. The van der Waals surface area contributed by atoms with Gasteiger partial charge in [0.15, 0.2) is 0 Å². The van der Waals surface area contributed by atoms with Crippen LogP contribution in [-0.4, -0.2) is 42.4 Å². The van der Waals surface area contributed by atoms with Crippen molar-refractivity contribution >= 4 is 12.2 Å². The Balaban J connectivity index is 3.19. The quantitative estimate of drug-likeness (QED) is 0.442. The standard InChI is InChI=1S/C7H7N3O7/c11-3-2(4(12)9-5(13)8-3)1-10(6(14)15)7(16)17/h1H2,(H,14,15)(H,16,17)(H3,8,9,11,12,13). The summed E-state index contributed by atoms with van der Waals surface area (Å²) in [4.78, 5) is 46.3. The summed E-state index contributed by atoms with van der Waals surface area (Å²) >= 11 is 0. The van der Waals surface area contributed by atoms with Crippen LogP contribution >= 0.6 is 0 Å². The van der Waals surface area contributed by atoms with Gasteiger partial charge in [0.05, 0.1) is 12.1 Å². The second-order valence-electron chi connectivity index (χ2n) is 2.89. The number of H-pyrrole nitrogens is 2. The molecule has 0 bridgehead atoms. The molecule has 0 saturated heterocycles. The van der Waals surface area contributed by atoms with Crippen molar-refractivity contribution in [1.82, 2.24) is 14.9 Å². The number of rotatable bonds is 2. The lowest BCUT2D eigenvalue weighted by Crippen LogP contribution is -2.37. The molecule has 0 spiro atoms. The fourth-order valence-electron chi connectivity index (χ4n) is 1.02. The van der Waals surface area contributed by atoms with Crippen molar-refractivity contribution in [2.75, 3.05) is 0 Å². The average Bonchev–Trinajstić information content (AvgIpc) is 2.14. The molecular formula is C7H7N3O7. The van der Waals surface area contributed by atoms with Gasteiger partial charge >= 0.3 is 17.9 Å². The predicted octanol–water partition coefficient (Wildman–Crippen LogP) is -1.07. The van der Waals surface area contributed by atoms with Gasteiger partial charge < -0.3 is 15.3 Å². The van der Waals surface area contributed by atoms with E-state index in [2.05, 4.69) is 0 Å². The van der Waals surface area contributed by atoms with Crippen LogP contribution in [0.2, 0.25) is 0 Å². The normalized spacial score (nSPS) is 9.88. The molecule has 1 heterocycles. The maximum Gasteiger partial charge on any atom is 0.417 e. The molecule has 0 radical (unpaired) electrons. The molecule has 1 aromatic rings. The summed E-state index contributed by atoms with van der Waals surface area (Å²) in [5.41, 5.74) is -2.64. The van der Waals surface area contributed by atoms with Crippen LogP contribution < -0.4 is 11.2 Å². The number of carboxylic acid groups (broad SMARTS) is 2. The number of carbonyl (C=O) groups is 2. The maximum absolute atomic E-state index is 11.2. The number of aromatic nitrogens is 2. The Bertz CT molecular complexity index is 558. The Morgan fingerprint density at radius 1 is 1.12 bits per heavy atom. The van der Waals surface area contributed by atoms with E-state index in [9.17, 15) is 24.3 Å². The topological polar surface area (TPSA) is 164 Å². The lowest BCUT2D eigenvalue weighted by molar-refractivity contribution is 0.120. The van der Waals surface area contributed by atoms with E-state index in [0.29, 0.717) is 0 Å². The zero-order valence-electron chi connectivity index (χ0n) is 8.13. The Morgan fingerprint density at radius 2 is 1.65 bits per heavy atom. The van der Waals surface area contributed by atoms with Crippen molar-refractivity contribution in [3.63, 3.8) is 0 Å². The number of nitrogens with zero attached hydrogens (tertiary/aromatic N) is 1. The van der Waals surface area contributed by atoms with Crippen LogP contribution in [0.3, 0.4) is 0 Å². The molecule has 0 unspecified atom stereocenters. The summed E-state index contributed by atoms with van der Waals surface area (Å²) in [5.74, 6) is -0.883. The van der Waals surface area contributed by atoms with Gasteiger partial charge in [0.1, 0.15) is 0 Å². The molecule has 10 heteroatoms. The van der Waals surface area contributed by atoms with Gasteiger partial charge in [-0.25, -0.2) is 19.3 Å². The van der Waals surface area contributed by atoms with Crippen molar-refractivity contribution in [2.45, 2.75) is 6.54 Å². The van der Waals surface area contributed by atoms with Crippen LogP contribution in [-0.2, 0) is 6.54 Å². The zero-order valence-corrected chi connectivity index (χ0v) is 8.13. The molecule has 0 atom stereocenters. The monoisotopic (exact) mass is 245 g/mol. The number of nitrogens with one attached hydrogen (secondary N) is 2.